The van der Waals surface area contributed by atoms with Gasteiger partial charge in [-0.05, 0) is 44.9 Å². The van der Waals surface area contributed by atoms with Gasteiger partial charge < -0.3 is 4.74 Å². The number of esters is 1. The summed E-state index contributed by atoms with van der Waals surface area (Å²) in [5.74, 6) is -2.13. The number of ketones is 1. The molecule has 132 valence electrons. The summed E-state index contributed by atoms with van der Waals surface area (Å²) in [7, 11) is -4.01. The van der Waals surface area contributed by atoms with Crippen LogP contribution in [0, 0.1) is 5.82 Å². The van der Waals surface area contributed by atoms with E-state index in [1.165, 1.54) is 18.2 Å². The van der Waals surface area contributed by atoms with Crippen LogP contribution < -0.4 is 0 Å². The molecule has 0 saturated carbocycles. The number of carbonyl (C=O) groups excluding carboxylic acids is 2. The second-order valence-electron chi connectivity index (χ2n) is 5.77. The van der Waals surface area contributed by atoms with Crippen LogP contribution in [0.5, 0.6) is 0 Å². The molecule has 0 aliphatic carbocycles. The maximum absolute atomic E-state index is 14.1. The van der Waals surface area contributed by atoms with Gasteiger partial charge in [0.1, 0.15) is 10.7 Å². The highest BCUT2D eigenvalue weighted by molar-refractivity contribution is 7.89. The molecule has 0 amide bonds. The Kier molecular flexibility index (Phi) is 5.71. The zero-order valence-corrected chi connectivity index (χ0v) is 14.4. The van der Waals surface area contributed by atoms with Crippen LogP contribution in [0.15, 0.2) is 23.1 Å². The highest BCUT2D eigenvalue weighted by Gasteiger charge is 2.29. The summed E-state index contributed by atoms with van der Waals surface area (Å²) in [5, 5.41) is 0. The van der Waals surface area contributed by atoms with Gasteiger partial charge in [-0.15, -0.1) is 0 Å². The Morgan fingerprint density at radius 3 is 2.42 bits per heavy atom. The maximum Gasteiger partial charge on any atom is 0.338 e. The molecule has 1 aliphatic heterocycles. The molecule has 0 N–H and O–H groups in total. The number of ether oxygens (including phenoxy) is 1. The first kappa shape index (κ1) is 18.5. The van der Waals surface area contributed by atoms with Gasteiger partial charge in [-0.1, -0.05) is 6.42 Å². The first-order valence-electron chi connectivity index (χ1n) is 7.74. The fourth-order valence-electron chi connectivity index (χ4n) is 2.38. The first-order valence-corrected chi connectivity index (χ1v) is 9.18. The Labute approximate surface area is 140 Å². The molecule has 1 atom stereocenters. The predicted octanol–water partition coefficient (Wildman–Crippen LogP) is 2.13. The van der Waals surface area contributed by atoms with Crippen molar-refractivity contribution in [2.24, 2.45) is 0 Å². The van der Waals surface area contributed by atoms with Crippen LogP contribution in [-0.4, -0.2) is 43.7 Å². The quantitative estimate of drug-likeness (QED) is 0.754. The Morgan fingerprint density at radius 2 is 1.83 bits per heavy atom. The summed E-state index contributed by atoms with van der Waals surface area (Å²) in [6.07, 6.45) is 1.42. The number of halogens is 1. The topological polar surface area (TPSA) is 80.8 Å². The fourth-order valence-corrected chi connectivity index (χ4v) is 3.99. The maximum atomic E-state index is 14.1. The predicted molar refractivity (Wildman–Crippen MR) is 84.6 cm³/mol. The summed E-state index contributed by atoms with van der Waals surface area (Å²) < 4.78 is 45.4. The average Bonchev–Trinajstić information content (AvgIpc) is 2.55. The Bertz CT molecular complexity index is 741. The Hall–Kier alpha value is -1.80. The van der Waals surface area contributed by atoms with Gasteiger partial charge in [0.2, 0.25) is 10.0 Å². The minimum Gasteiger partial charge on any atom is -0.451 e. The number of hydrogen-bond acceptors (Lipinski definition) is 5. The number of Topliss-reactive ketones (excluding diaryl/α,β-unsaturated/α-hetero) is 1. The number of nitrogens with zero attached hydrogens (tertiary/aromatic N) is 1. The summed E-state index contributed by atoms with van der Waals surface area (Å²) in [6.45, 7) is 3.35. The molecule has 0 aromatic heterocycles. The summed E-state index contributed by atoms with van der Waals surface area (Å²) in [5.41, 5.74) is -0.111. The van der Waals surface area contributed by atoms with Crippen LogP contribution in [-0.2, 0) is 19.6 Å². The van der Waals surface area contributed by atoms with Crippen molar-refractivity contribution in [1.29, 1.82) is 0 Å². The molecule has 1 aromatic rings. The zero-order chi connectivity index (χ0) is 17.9. The lowest BCUT2D eigenvalue weighted by Crippen LogP contribution is -2.36. The molecule has 0 radical (unpaired) electrons. The van der Waals surface area contributed by atoms with Crippen LogP contribution in [0.4, 0.5) is 4.39 Å². The fraction of sp³-hybridized carbons (Fsp3) is 0.500. The number of hydrogen-bond donors (Lipinski definition) is 0. The van der Waals surface area contributed by atoms with Crippen molar-refractivity contribution in [2.75, 3.05) is 13.1 Å². The molecular formula is C16H20FNO5S. The van der Waals surface area contributed by atoms with E-state index >= 15 is 0 Å². The molecule has 1 aliphatic rings. The molecule has 1 heterocycles. The van der Waals surface area contributed by atoms with Crippen LogP contribution in [0.25, 0.3) is 0 Å². The second kappa shape index (κ2) is 7.40. The minimum atomic E-state index is -4.01. The number of sulfonamides is 1. The van der Waals surface area contributed by atoms with Crippen LogP contribution in [0.1, 0.15) is 43.5 Å². The smallest absolute Gasteiger partial charge is 0.338 e. The molecular weight excluding hydrogens is 337 g/mol. The van der Waals surface area contributed by atoms with Crippen LogP contribution in [0.2, 0.25) is 0 Å². The molecule has 0 bridgehead atoms. The van der Waals surface area contributed by atoms with E-state index in [9.17, 15) is 22.4 Å². The molecule has 1 unspecified atom stereocenters. The normalized spacial score (nSPS) is 17.3. The van der Waals surface area contributed by atoms with Crippen molar-refractivity contribution in [3.8, 4) is 0 Å². The third-order valence-electron chi connectivity index (χ3n) is 3.96. The van der Waals surface area contributed by atoms with Crippen molar-refractivity contribution in [3.05, 3.63) is 29.6 Å². The van der Waals surface area contributed by atoms with E-state index in [1.54, 1.807) is 0 Å². The first-order chi connectivity index (χ1) is 11.2. The van der Waals surface area contributed by atoms with Crippen molar-refractivity contribution < 1.29 is 27.1 Å². The van der Waals surface area contributed by atoms with E-state index in [-0.39, 0.29) is 11.3 Å². The Balaban J connectivity index is 2.31. The summed E-state index contributed by atoms with van der Waals surface area (Å²) >= 11 is 0. The van der Waals surface area contributed by atoms with Crippen molar-refractivity contribution in [1.82, 2.24) is 4.31 Å². The van der Waals surface area contributed by atoms with E-state index in [0.717, 1.165) is 37.5 Å². The lowest BCUT2D eigenvalue weighted by Gasteiger charge is -2.26. The average molecular weight is 357 g/mol. The van der Waals surface area contributed by atoms with Gasteiger partial charge in [-0.2, -0.15) is 4.31 Å². The van der Waals surface area contributed by atoms with Crippen LogP contribution in [0.3, 0.4) is 0 Å². The van der Waals surface area contributed by atoms with E-state index in [4.69, 9.17) is 4.74 Å². The van der Waals surface area contributed by atoms with Crippen molar-refractivity contribution in [2.45, 2.75) is 44.1 Å². The minimum absolute atomic E-state index is 0.111. The van der Waals surface area contributed by atoms with E-state index < -0.39 is 32.8 Å². The van der Waals surface area contributed by atoms with Gasteiger partial charge >= 0.3 is 5.97 Å². The molecule has 24 heavy (non-hydrogen) atoms. The van der Waals surface area contributed by atoms with Gasteiger partial charge in [0.25, 0.3) is 0 Å². The second-order valence-corrected chi connectivity index (χ2v) is 7.67. The lowest BCUT2D eigenvalue weighted by molar-refractivity contribution is -0.124. The van der Waals surface area contributed by atoms with Gasteiger partial charge in [-0.25, -0.2) is 17.6 Å². The van der Waals surface area contributed by atoms with Crippen molar-refractivity contribution >= 4 is 21.8 Å². The standard InChI is InChI=1S/C16H20FNO5S/c1-11(19)12(2)23-16(20)13-6-7-14(17)15(10-13)24(21,22)18-8-4-3-5-9-18/h6-7,10,12H,3-5,8-9H2,1-2H3. The molecule has 1 aromatic carbocycles. The van der Waals surface area contributed by atoms with Gasteiger partial charge in [-0.3, -0.25) is 4.79 Å². The number of piperidine rings is 1. The molecule has 0 spiro atoms. The summed E-state index contributed by atoms with van der Waals surface area (Å²) in [6, 6.07) is 3.03. The summed E-state index contributed by atoms with van der Waals surface area (Å²) in [4.78, 5) is 22.6. The lowest BCUT2D eigenvalue weighted by atomic mass is 10.2. The molecule has 8 heteroatoms. The van der Waals surface area contributed by atoms with Crippen LogP contribution >= 0.6 is 0 Å². The molecule has 1 fully saturated rings. The van der Waals surface area contributed by atoms with E-state index in [2.05, 4.69) is 0 Å². The van der Waals surface area contributed by atoms with Gasteiger partial charge in [0.05, 0.1) is 5.56 Å². The number of carbonyl (C=O) groups is 2. The SMILES string of the molecule is CC(=O)C(C)OC(=O)c1ccc(F)c(S(=O)(=O)N2CCCCC2)c1. The highest BCUT2D eigenvalue weighted by Crippen LogP contribution is 2.24. The number of benzene rings is 1. The van der Waals surface area contributed by atoms with Crippen molar-refractivity contribution in [3.63, 3.8) is 0 Å². The highest BCUT2D eigenvalue weighted by atomic mass is 32.2. The third kappa shape index (κ3) is 3.99. The zero-order valence-electron chi connectivity index (χ0n) is 13.6. The van der Waals surface area contributed by atoms with E-state index in [0.29, 0.717) is 13.1 Å². The Morgan fingerprint density at radius 1 is 1.21 bits per heavy atom. The largest absolute Gasteiger partial charge is 0.451 e. The van der Waals surface area contributed by atoms with Gasteiger partial charge in [0.15, 0.2) is 11.9 Å². The molecule has 2 rings (SSSR count). The van der Waals surface area contributed by atoms with Gasteiger partial charge in [0, 0.05) is 13.1 Å². The molecule has 6 nitrogen and oxygen atoms in total. The molecule has 1 saturated heterocycles. The number of rotatable bonds is 5. The third-order valence-corrected chi connectivity index (χ3v) is 5.87. The van der Waals surface area contributed by atoms with E-state index in [1.807, 2.05) is 0 Å². The monoisotopic (exact) mass is 357 g/mol.